The van der Waals surface area contributed by atoms with Gasteiger partial charge in [0, 0.05) is 42.4 Å². The lowest BCUT2D eigenvalue weighted by molar-refractivity contribution is -0.231. The van der Waals surface area contributed by atoms with Gasteiger partial charge in [-0.05, 0) is 42.5 Å². The minimum Gasteiger partial charge on any atom is -0.353 e. The molecule has 0 atom stereocenters. The van der Waals surface area contributed by atoms with E-state index in [-0.39, 0.29) is 11.7 Å². The fourth-order valence-corrected chi connectivity index (χ4v) is 4.16. The Morgan fingerprint density at radius 2 is 1.85 bits per heavy atom. The quantitative estimate of drug-likeness (QED) is 0.257. The van der Waals surface area contributed by atoms with E-state index in [9.17, 15) is 9.18 Å². The van der Waals surface area contributed by atoms with Gasteiger partial charge in [-0.25, -0.2) is 19.3 Å². The van der Waals surface area contributed by atoms with Gasteiger partial charge in [-0.3, -0.25) is 4.79 Å². The summed E-state index contributed by atoms with van der Waals surface area (Å²) < 4.78 is 25.8. The molecule has 39 heavy (non-hydrogen) atoms. The molecule has 11 heteroatoms. The Bertz CT molecular complexity index is 1400. The van der Waals surface area contributed by atoms with Crippen LogP contribution in [0.15, 0.2) is 66.9 Å². The summed E-state index contributed by atoms with van der Waals surface area (Å²) in [4.78, 5) is 29.4. The SMILES string of the molecule is CC1(CNC(=O)c2ccccc2)COC(c2nc(-c3ccc(F)cc3)c(-c3ccnc(NCCN)n3)[nH]2)OC1. The third kappa shape index (κ3) is 6.28. The standard InChI is InChI=1S/C28H30FN7O3/c1-28(15-33-25(37)19-5-3-2-4-6-19)16-38-26(39-17-28)24-35-22(18-7-9-20(29)10-8-18)23(36-24)21-11-13-31-27(34-21)32-14-12-30/h2-11,13,26H,12,14-17,30H2,1H3,(H,33,37)(H,35,36)(H,31,32,34). The number of carbonyl (C=O) groups excluding carboxylic acids is 1. The van der Waals surface area contributed by atoms with Crippen LogP contribution in [-0.2, 0) is 9.47 Å². The molecule has 202 valence electrons. The van der Waals surface area contributed by atoms with E-state index >= 15 is 0 Å². The number of ether oxygens (including phenoxy) is 2. The summed E-state index contributed by atoms with van der Waals surface area (Å²) in [6.07, 6.45) is 0.881. The highest BCUT2D eigenvalue weighted by Crippen LogP contribution is 2.35. The number of anilines is 1. The molecular formula is C28H30FN7O3. The molecule has 1 saturated heterocycles. The number of rotatable bonds is 9. The zero-order valence-electron chi connectivity index (χ0n) is 21.5. The number of hydrogen-bond acceptors (Lipinski definition) is 8. The van der Waals surface area contributed by atoms with E-state index in [0.717, 1.165) is 0 Å². The average Bonchev–Trinajstić information content (AvgIpc) is 3.42. The Morgan fingerprint density at radius 1 is 1.10 bits per heavy atom. The van der Waals surface area contributed by atoms with Crippen LogP contribution >= 0.6 is 0 Å². The van der Waals surface area contributed by atoms with Gasteiger partial charge in [0.2, 0.25) is 12.2 Å². The zero-order chi connectivity index (χ0) is 27.2. The second-order valence-corrected chi connectivity index (χ2v) is 9.65. The van der Waals surface area contributed by atoms with Crippen molar-refractivity contribution in [2.24, 2.45) is 11.1 Å². The third-order valence-electron chi connectivity index (χ3n) is 6.28. The number of halogens is 1. The fraction of sp³-hybridized carbons (Fsp3) is 0.286. The van der Waals surface area contributed by atoms with Crippen LogP contribution in [0.3, 0.4) is 0 Å². The van der Waals surface area contributed by atoms with Gasteiger partial charge >= 0.3 is 0 Å². The van der Waals surface area contributed by atoms with E-state index in [1.54, 1.807) is 36.5 Å². The molecular weight excluding hydrogens is 501 g/mol. The van der Waals surface area contributed by atoms with Crippen LogP contribution < -0.4 is 16.4 Å². The monoisotopic (exact) mass is 531 g/mol. The smallest absolute Gasteiger partial charge is 0.251 e. The molecule has 5 N–H and O–H groups in total. The first-order valence-electron chi connectivity index (χ1n) is 12.6. The van der Waals surface area contributed by atoms with Gasteiger partial charge in [-0.2, -0.15) is 0 Å². The van der Waals surface area contributed by atoms with Crippen LogP contribution in [-0.4, -0.2) is 58.7 Å². The maximum absolute atomic E-state index is 13.6. The summed E-state index contributed by atoms with van der Waals surface area (Å²) in [5, 5.41) is 6.03. The highest BCUT2D eigenvalue weighted by Gasteiger charge is 2.35. The van der Waals surface area contributed by atoms with E-state index in [4.69, 9.17) is 20.2 Å². The van der Waals surface area contributed by atoms with Crippen molar-refractivity contribution < 1.29 is 18.7 Å². The molecule has 4 aromatic rings. The number of benzene rings is 2. The molecule has 2 aromatic heterocycles. The van der Waals surface area contributed by atoms with E-state index in [0.29, 0.717) is 72.8 Å². The van der Waals surface area contributed by atoms with Gasteiger partial charge in [0.25, 0.3) is 5.91 Å². The summed E-state index contributed by atoms with van der Waals surface area (Å²) in [7, 11) is 0. The number of amides is 1. The molecule has 1 aliphatic rings. The lowest BCUT2D eigenvalue weighted by Gasteiger charge is -2.36. The second-order valence-electron chi connectivity index (χ2n) is 9.65. The van der Waals surface area contributed by atoms with Crippen LogP contribution in [0, 0.1) is 11.2 Å². The molecule has 0 unspecified atom stereocenters. The molecule has 0 radical (unpaired) electrons. The molecule has 2 aromatic carbocycles. The maximum atomic E-state index is 13.6. The first-order valence-corrected chi connectivity index (χ1v) is 12.6. The van der Waals surface area contributed by atoms with Crippen molar-refractivity contribution in [1.29, 1.82) is 0 Å². The topological polar surface area (TPSA) is 140 Å². The number of nitrogens with two attached hydrogens (primary N) is 1. The van der Waals surface area contributed by atoms with E-state index < -0.39 is 11.7 Å². The van der Waals surface area contributed by atoms with Crippen LogP contribution in [0.1, 0.15) is 29.4 Å². The predicted octanol–water partition coefficient (Wildman–Crippen LogP) is 3.53. The molecule has 0 spiro atoms. The van der Waals surface area contributed by atoms with Gasteiger partial charge in [-0.1, -0.05) is 25.1 Å². The fourth-order valence-electron chi connectivity index (χ4n) is 4.16. The van der Waals surface area contributed by atoms with Crippen molar-refractivity contribution in [2.45, 2.75) is 13.2 Å². The van der Waals surface area contributed by atoms with Crippen molar-refractivity contribution in [3.8, 4) is 22.6 Å². The Morgan fingerprint density at radius 3 is 2.56 bits per heavy atom. The summed E-state index contributed by atoms with van der Waals surface area (Å²) in [5.41, 5.74) is 8.24. The predicted molar refractivity (Wildman–Crippen MR) is 144 cm³/mol. The van der Waals surface area contributed by atoms with Crippen molar-refractivity contribution in [2.75, 3.05) is 38.2 Å². The Balaban J connectivity index is 1.34. The first kappa shape index (κ1) is 26.4. The maximum Gasteiger partial charge on any atom is 0.251 e. The summed E-state index contributed by atoms with van der Waals surface area (Å²) >= 11 is 0. The molecule has 0 bridgehead atoms. The van der Waals surface area contributed by atoms with Crippen LogP contribution in [0.4, 0.5) is 10.3 Å². The van der Waals surface area contributed by atoms with Gasteiger partial charge < -0.3 is 30.8 Å². The highest BCUT2D eigenvalue weighted by atomic mass is 19.1. The minimum absolute atomic E-state index is 0.149. The number of hydrogen-bond donors (Lipinski definition) is 4. The number of carbonyl (C=O) groups is 1. The van der Waals surface area contributed by atoms with Crippen molar-refractivity contribution in [1.82, 2.24) is 25.3 Å². The van der Waals surface area contributed by atoms with Crippen molar-refractivity contribution in [3.05, 3.63) is 84.1 Å². The zero-order valence-corrected chi connectivity index (χ0v) is 21.5. The molecule has 1 aliphatic heterocycles. The van der Waals surface area contributed by atoms with E-state index in [1.165, 1.54) is 12.1 Å². The number of aromatic amines is 1. The molecule has 5 rings (SSSR count). The minimum atomic E-state index is -0.757. The third-order valence-corrected chi connectivity index (χ3v) is 6.28. The molecule has 0 aliphatic carbocycles. The first-order chi connectivity index (χ1) is 18.9. The lowest BCUT2D eigenvalue weighted by atomic mass is 9.92. The average molecular weight is 532 g/mol. The van der Waals surface area contributed by atoms with Crippen molar-refractivity contribution in [3.63, 3.8) is 0 Å². The highest BCUT2D eigenvalue weighted by molar-refractivity contribution is 5.94. The Hall–Kier alpha value is -4.19. The van der Waals surface area contributed by atoms with Gasteiger partial charge in [0.1, 0.15) is 5.82 Å². The summed E-state index contributed by atoms with van der Waals surface area (Å²) in [6, 6.07) is 16.9. The summed E-state index contributed by atoms with van der Waals surface area (Å²) in [6.45, 7) is 4.02. The number of aromatic nitrogens is 4. The van der Waals surface area contributed by atoms with Gasteiger partial charge in [0.05, 0.1) is 30.3 Å². The molecule has 1 amide bonds. The molecule has 10 nitrogen and oxygen atoms in total. The van der Waals surface area contributed by atoms with Crippen LogP contribution in [0.25, 0.3) is 22.6 Å². The number of imidazole rings is 1. The van der Waals surface area contributed by atoms with Crippen LogP contribution in [0.2, 0.25) is 0 Å². The molecule has 0 saturated carbocycles. The second kappa shape index (κ2) is 11.7. The lowest BCUT2D eigenvalue weighted by Crippen LogP contribution is -2.45. The number of H-pyrrole nitrogens is 1. The molecule has 3 heterocycles. The van der Waals surface area contributed by atoms with Crippen molar-refractivity contribution >= 4 is 11.9 Å². The van der Waals surface area contributed by atoms with E-state index in [2.05, 4.69) is 25.6 Å². The molecule has 1 fully saturated rings. The number of nitrogens with zero attached hydrogens (tertiary/aromatic N) is 3. The van der Waals surface area contributed by atoms with E-state index in [1.807, 2.05) is 25.1 Å². The van der Waals surface area contributed by atoms with Gasteiger partial charge in [0.15, 0.2) is 5.82 Å². The largest absolute Gasteiger partial charge is 0.353 e. The summed E-state index contributed by atoms with van der Waals surface area (Å²) in [5.74, 6) is 0.389. The Kier molecular flexibility index (Phi) is 7.92. The van der Waals surface area contributed by atoms with Gasteiger partial charge in [-0.15, -0.1) is 0 Å². The van der Waals surface area contributed by atoms with Crippen LogP contribution in [0.5, 0.6) is 0 Å². The number of nitrogens with one attached hydrogen (secondary N) is 3. The normalized spacial score (nSPS) is 19.0. The Labute approximate surface area is 225 Å².